The molecule has 4 nitrogen and oxygen atoms in total. The molecule has 0 aliphatic rings. The highest BCUT2D eigenvalue weighted by molar-refractivity contribution is 6.80. The highest BCUT2D eigenvalue weighted by Gasteiger charge is 2.21. The monoisotopic (exact) mass is 382 g/mol. The van der Waals surface area contributed by atoms with E-state index >= 15 is 0 Å². The standard InChI is InChI=1S/C23H35BN2O2/c1-2-16-26(17-7-6-15-25)18-8-19-28-24(22-9-4-3-5-10-22)23-13-11-21(20-27)12-14-23/h3-5,9-14,27H,2,6-8,15-20,25H2,1H3. The van der Waals surface area contributed by atoms with Crippen molar-refractivity contribution in [1.29, 1.82) is 0 Å². The van der Waals surface area contributed by atoms with Gasteiger partial charge in [-0.1, -0.05) is 61.5 Å². The first-order valence-corrected chi connectivity index (χ1v) is 10.6. The molecule has 28 heavy (non-hydrogen) atoms. The minimum atomic E-state index is -0.0780. The number of benzene rings is 2. The summed E-state index contributed by atoms with van der Waals surface area (Å²) in [6, 6.07) is 18.4. The number of nitrogens with two attached hydrogens (primary N) is 1. The van der Waals surface area contributed by atoms with Crippen molar-refractivity contribution in [1.82, 2.24) is 4.90 Å². The smallest absolute Gasteiger partial charge is 0.361 e. The van der Waals surface area contributed by atoms with Gasteiger partial charge in [-0.25, -0.2) is 0 Å². The van der Waals surface area contributed by atoms with Crippen LogP contribution in [0.25, 0.3) is 0 Å². The van der Waals surface area contributed by atoms with Gasteiger partial charge in [0.25, 0.3) is 0 Å². The second-order valence-electron chi connectivity index (χ2n) is 7.25. The fraction of sp³-hybridized carbons (Fsp3) is 0.478. The molecule has 0 atom stereocenters. The average Bonchev–Trinajstić information content (AvgIpc) is 2.74. The highest BCUT2D eigenvalue weighted by Crippen LogP contribution is 2.02. The van der Waals surface area contributed by atoms with Gasteiger partial charge in [0.2, 0.25) is 0 Å². The molecule has 0 fully saturated rings. The van der Waals surface area contributed by atoms with Gasteiger partial charge in [-0.3, -0.25) is 0 Å². The molecule has 0 aliphatic heterocycles. The lowest BCUT2D eigenvalue weighted by Crippen LogP contribution is -2.45. The molecule has 0 radical (unpaired) electrons. The van der Waals surface area contributed by atoms with Crippen LogP contribution in [0.5, 0.6) is 0 Å². The Morgan fingerprint density at radius 2 is 1.57 bits per heavy atom. The average molecular weight is 382 g/mol. The van der Waals surface area contributed by atoms with Crippen molar-refractivity contribution in [2.75, 3.05) is 32.8 Å². The number of hydrogen-bond donors (Lipinski definition) is 2. The van der Waals surface area contributed by atoms with Gasteiger partial charge in [0, 0.05) is 13.2 Å². The van der Waals surface area contributed by atoms with Crippen molar-refractivity contribution in [3.05, 3.63) is 60.2 Å². The molecule has 0 bridgehead atoms. The molecule has 0 saturated carbocycles. The Hall–Kier alpha value is -1.66. The van der Waals surface area contributed by atoms with Crippen LogP contribution in [0.15, 0.2) is 54.6 Å². The number of aliphatic hydroxyl groups excluding tert-OH is 1. The zero-order chi connectivity index (χ0) is 20.0. The number of rotatable bonds is 14. The van der Waals surface area contributed by atoms with E-state index in [1.807, 2.05) is 30.3 Å². The van der Waals surface area contributed by atoms with Crippen LogP contribution in [0.2, 0.25) is 0 Å². The van der Waals surface area contributed by atoms with E-state index in [4.69, 9.17) is 10.4 Å². The maximum atomic E-state index is 9.29. The minimum absolute atomic E-state index is 0.0640. The van der Waals surface area contributed by atoms with Gasteiger partial charge in [0.1, 0.15) is 0 Å². The Morgan fingerprint density at radius 1 is 0.893 bits per heavy atom. The first kappa shape index (κ1) is 22.6. The van der Waals surface area contributed by atoms with Crippen LogP contribution in [-0.2, 0) is 11.3 Å². The molecule has 2 aromatic rings. The molecule has 0 saturated heterocycles. The lowest BCUT2D eigenvalue weighted by Gasteiger charge is -2.22. The first-order valence-electron chi connectivity index (χ1n) is 10.6. The molecule has 0 aromatic heterocycles. The summed E-state index contributed by atoms with van der Waals surface area (Å²) in [6.45, 7) is 7.03. The van der Waals surface area contributed by atoms with Crippen LogP contribution in [-0.4, -0.2) is 49.7 Å². The molecule has 0 unspecified atom stereocenters. The summed E-state index contributed by atoms with van der Waals surface area (Å²) in [6.07, 6.45) is 4.45. The van der Waals surface area contributed by atoms with Gasteiger partial charge in [0.05, 0.1) is 6.61 Å². The third-order valence-electron chi connectivity index (χ3n) is 4.94. The number of aliphatic hydroxyl groups is 1. The Balaban J connectivity index is 1.93. The molecule has 0 spiro atoms. The van der Waals surface area contributed by atoms with Crippen LogP contribution < -0.4 is 16.7 Å². The van der Waals surface area contributed by atoms with E-state index in [1.54, 1.807) is 0 Å². The van der Waals surface area contributed by atoms with Gasteiger partial charge in [-0.05, 0) is 61.8 Å². The topological polar surface area (TPSA) is 58.7 Å². The Kier molecular flexibility index (Phi) is 10.9. The molecule has 0 amide bonds. The normalized spacial score (nSPS) is 11.1. The van der Waals surface area contributed by atoms with Gasteiger partial charge < -0.3 is 20.4 Å². The van der Waals surface area contributed by atoms with E-state index in [0.717, 1.165) is 62.1 Å². The second kappa shape index (κ2) is 13.5. The van der Waals surface area contributed by atoms with Crippen molar-refractivity contribution in [2.45, 2.75) is 39.2 Å². The molecule has 2 rings (SSSR count). The largest absolute Gasteiger partial charge is 0.427 e. The third kappa shape index (κ3) is 7.76. The summed E-state index contributed by atoms with van der Waals surface area (Å²) in [5.41, 5.74) is 8.82. The van der Waals surface area contributed by atoms with Crippen molar-refractivity contribution in [3.63, 3.8) is 0 Å². The van der Waals surface area contributed by atoms with Crippen LogP contribution in [0, 0.1) is 0 Å². The van der Waals surface area contributed by atoms with E-state index in [2.05, 4.69) is 36.1 Å². The summed E-state index contributed by atoms with van der Waals surface area (Å²) >= 11 is 0. The first-order chi connectivity index (χ1) is 13.8. The summed E-state index contributed by atoms with van der Waals surface area (Å²) in [4.78, 5) is 2.52. The molecule has 0 heterocycles. The number of nitrogens with zero attached hydrogens (tertiary/aromatic N) is 1. The molecule has 0 aliphatic carbocycles. The van der Waals surface area contributed by atoms with Crippen LogP contribution in [0.4, 0.5) is 0 Å². The minimum Gasteiger partial charge on any atom is -0.427 e. The van der Waals surface area contributed by atoms with Crippen LogP contribution in [0.3, 0.4) is 0 Å². The Labute approximate surface area is 170 Å². The third-order valence-corrected chi connectivity index (χ3v) is 4.94. The van der Waals surface area contributed by atoms with E-state index in [9.17, 15) is 5.11 Å². The summed E-state index contributed by atoms with van der Waals surface area (Å²) in [5.74, 6) is 0. The SMILES string of the molecule is CCCN(CCCCN)CCCOB(c1ccccc1)c1ccc(CO)cc1. The van der Waals surface area contributed by atoms with E-state index in [-0.39, 0.29) is 13.5 Å². The maximum Gasteiger partial charge on any atom is 0.361 e. The lowest BCUT2D eigenvalue weighted by molar-refractivity contribution is 0.234. The molecule has 2 aromatic carbocycles. The summed E-state index contributed by atoms with van der Waals surface area (Å²) < 4.78 is 6.33. The molecular formula is C23H35BN2O2. The molecule has 152 valence electrons. The van der Waals surface area contributed by atoms with Gasteiger partial charge >= 0.3 is 6.92 Å². The van der Waals surface area contributed by atoms with Gasteiger partial charge in [0.15, 0.2) is 0 Å². The predicted molar refractivity (Wildman–Crippen MR) is 119 cm³/mol. The zero-order valence-electron chi connectivity index (χ0n) is 17.2. The molecular weight excluding hydrogens is 347 g/mol. The van der Waals surface area contributed by atoms with E-state index < -0.39 is 0 Å². The van der Waals surface area contributed by atoms with Crippen LogP contribution in [0.1, 0.15) is 38.2 Å². The number of hydrogen-bond acceptors (Lipinski definition) is 4. The van der Waals surface area contributed by atoms with Crippen molar-refractivity contribution in [2.24, 2.45) is 5.73 Å². The lowest BCUT2D eigenvalue weighted by atomic mass is 9.55. The fourth-order valence-corrected chi connectivity index (χ4v) is 3.43. The van der Waals surface area contributed by atoms with Crippen LogP contribution >= 0.6 is 0 Å². The van der Waals surface area contributed by atoms with Gasteiger partial charge in [-0.2, -0.15) is 0 Å². The zero-order valence-corrected chi connectivity index (χ0v) is 17.2. The van der Waals surface area contributed by atoms with Crippen molar-refractivity contribution >= 4 is 17.8 Å². The Morgan fingerprint density at radius 3 is 2.21 bits per heavy atom. The predicted octanol–water partition coefficient (Wildman–Crippen LogP) is 2.14. The Bertz CT molecular complexity index is 637. The van der Waals surface area contributed by atoms with Gasteiger partial charge in [-0.15, -0.1) is 0 Å². The maximum absolute atomic E-state index is 9.29. The van der Waals surface area contributed by atoms with Crippen molar-refractivity contribution < 1.29 is 9.76 Å². The van der Waals surface area contributed by atoms with Crippen molar-refractivity contribution in [3.8, 4) is 0 Å². The fourth-order valence-electron chi connectivity index (χ4n) is 3.43. The number of unbranched alkanes of at least 4 members (excludes halogenated alkanes) is 1. The second-order valence-corrected chi connectivity index (χ2v) is 7.25. The molecule has 3 N–H and O–H groups in total. The molecule has 5 heteroatoms. The van der Waals surface area contributed by atoms with E-state index in [1.165, 1.54) is 12.8 Å². The highest BCUT2D eigenvalue weighted by atomic mass is 16.4. The quantitative estimate of drug-likeness (QED) is 0.388. The summed E-state index contributed by atoms with van der Waals surface area (Å²) in [5, 5.41) is 9.29. The summed E-state index contributed by atoms with van der Waals surface area (Å²) in [7, 11) is 0. The van der Waals surface area contributed by atoms with E-state index in [0.29, 0.717) is 0 Å².